The summed E-state index contributed by atoms with van der Waals surface area (Å²) in [6.45, 7) is 5.37. The number of anilines is 2. The van der Waals surface area contributed by atoms with Crippen molar-refractivity contribution >= 4 is 33.2 Å². The molecule has 11 heteroatoms. The van der Waals surface area contributed by atoms with Gasteiger partial charge in [0.25, 0.3) is 15.9 Å². The van der Waals surface area contributed by atoms with Crippen molar-refractivity contribution in [1.29, 1.82) is 0 Å². The largest absolute Gasteiger partial charge is 0.494 e. The zero-order valence-electron chi connectivity index (χ0n) is 22.6. The second-order valence-corrected chi connectivity index (χ2v) is 10.5. The molecule has 3 aromatic rings. The molecule has 0 fully saturated rings. The predicted molar refractivity (Wildman–Crippen MR) is 149 cm³/mol. The molecule has 0 bridgehead atoms. The van der Waals surface area contributed by atoms with Crippen molar-refractivity contribution in [3.63, 3.8) is 0 Å². The number of nitrogens with zero attached hydrogens (tertiary/aromatic N) is 1. The zero-order valence-corrected chi connectivity index (χ0v) is 23.4. The summed E-state index contributed by atoms with van der Waals surface area (Å²) in [4.78, 5) is 25.8. The molecule has 0 spiro atoms. The highest BCUT2D eigenvalue weighted by Crippen LogP contribution is 2.32. The SMILES string of the molecule is CCOc1ccc(N(CC(=O)Nc2ccccc2C(=O)NC(C)C)S(=O)(=O)c2ccc(OC)c(OC)c2)cc1. The third kappa shape index (κ3) is 7.20. The summed E-state index contributed by atoms with van der Waals surface area (Å²) in [6, 6.07) is 17.0. The quantitative estimate of drug-likeness (QED) is 0.345. The van der Waals surface area contributed by atoms with Crippen LogP contribution in [0.4, 0.5) is 11.4 Å². The Morgan fingerprint density at radius 1 is 0.923 bits per heavy atom. The Morgan fingerprint density at radius 3 is 2.21 bits per heavy atom. The minimum Gasteiger partial charge on any atom is -0.494 e. The molecule has 0 saturated heterocycles. The second-order valence-electron chi connectivity index (χ2n) is 8.68. The lowest BCUT2D eigenvalue weighted by molar-refractivity contribution is -0.114. The fourth-order valence-electron chi connectivity index (χ4n) is 3.74. The zero-order chi connectivity index (χ0) is 28.6. The maximum absolute atomic E-state index is 13.8. The number of benzene rings is 3. The van der Waals surface area contributed by atoms with Crippen LogP contribution < -0.4 is 29.1 Å². The monoisotopic (exact) mass is 555 g/mol. The summed E-state index contributed by atoms with van der Waals surface area (Å²) in [5.74, 6) is 0.136. The van der Waals surface area contributed by atoms with Crippen LogP contribution in [-0.2, 0) is 14.8 Å². The highest BCUT2D eigenvalue weighted by atomic mass is 32.2. The van der Waals surface area contributed by atoms with Gasteiger partial charge < -0.3 is 24.8 Å². The molecule has 0 heterocycles. The van der Waals surface area contributed by atoms with E-state index in [9.17, 15) is 18.0 Å². The lowest BCUT2D eigenvalue weighted by Crippen LogP contribution is -2.38. The number of ether oxygens (including phenoxy) is 3. The van der Waals surface area contributed by atoms with Gasteiger partial charge in [0.2, 0.25) is 5.91 Å². The van der Waals surface area contributed by atoms with Crippen molar-refractivity contribution in [3.8, 4) is 17.2 Å². The molecule has 0 aliphatic heterocycles. The van der Waals surface area contributed by atoms with E-state index in [0.29, 0.717) is 18.1 Å². The Balaban J connectivity index is 1.98. The van der Waals surface area contributed by atoms with Crippen molar-refractivity contribution in [2.45, 2.75) is 31.7 Å². The molecule has 2 amide bonds. The number of carbonyl (C=O) groups excluding carboxylic acids is 2. The number of rotatable bonds is 12. The predicted octanol–water partition coefficient (Wildman–Crippen LogP) is 4.07. The van der Waals surface area contributed by atoms with Gasteiger partial charge >= 0.3 is 0 Å². The van der Waals surface area contributed by atoms with E-state index in [1.54, 1.807) is 48.5 Å². The lowest BCUT2D eigenvalue weighted by Gasteiger charge is -2.25. The molecule has 0 aliphatic rings. The molecule has 208 valence electrons. The summed E-state index contributed by atoms with van der Waals surface area (Å²) in [5, 5.41) is 5.48. The smallest absolute Gasteiger partial charge is 0.264 e. The van der Waals surface area contributed by atoms with Crippen LogP contribution in [0.5, 0.6) is 17.2 Å². The summed E-state index contributed by atoms with van der Waals surface area (Å²) in [7, 11) is -1.40. The van der Waals surface area contributed by atoms with E-state index in [-0.39, 0.29) is 39.5 Å². The Kier molecular flexibility index (Phi) is 9.78. The fourth-order valence-corrected chi connectivity index (χ4v) is 5.18. The summed E-state index contributed by atoms with van der Waals surface area (Å²) < 4.78 is 44.7. The minimum absolute atomic E-state index is 0.0986. The van der Waals surface area contributed by atoms with Gasteiger partial charge in [-0.15, -0.1) is 0 Å². The van der Waals surface area contributed by atoms with Crippen LogP contribution in [0.25, 0.3) is 0 Å². The number of hydrogen-bond acceptors (Lipinski definition) is 7. The third-order valence-electron chi connectivity index (χ3n) is 5.53. The first-order valence-electron chi connectivity index (χ1n) is 12.3. The minimum atomic E-state index is -4.25. The van der Waals surface area contributed by atoms with Gasteiger partial charge in [-0.25, -0.2) is 8.42 Å². The topological polar surface area (TPSA) is 123 Å². The number of para-hydroxylation sites is 1. The Labute approximate surface area is 228 Å². The van der Waals surface area contributed by atoms with E-state index in [1.807, 2.05) is 20.8 Å². The maximum atomic E-state index is 13.8. The van der Waals surface area contributed by atoms with Crippen molar-refractivity contribution < 1.29 is 32.2 Å². The first-order chi connectivity index (χ1) is 18.6. The third-order valence-corrected chi connectivity index (χ3v) is 7.30. The van der Waals surface area contributed by atoms with E-state index < -0.39 is 22.5 Å². The van der Waals surface area contributed by atoms with Crippen LogP contribution in [0.1, 0.15) is 31.1 Å². The van der Waals surface area contributed by atoms with E-state index in [0.717, 1.165) is 4.31 Å². The molecular formula is C28H33N3O7S. The van der Waals surface area contributed by atoms with E-state index in [4.69, 9.17) is 14.2 Å². The van der Waals surface area contributed by atoms with Crippen LogP contribution in [0.15, 0.2) is 71.6 Å². The van der Waals surface area contributed by atoms with Crippen molar-refractivity contribution in [2.24, 2.45) is 0 Å². The first kappa shape index (κ1) is 29.3. The molecule has 0 radical (unpaired) electrons. The summed E-state index contributed by atoms with van der Waals surface area (Å²) in [5.41, 5.74) is 0.764. The van der Waals surface area contributed by atoms with Crippen molar-refractivity contribution in [2.75, 3.05) is 37.0 Å². The van der Waals surface area contributed by atoms with Gasteiger partial charge in [-0.05, 0) is 69.3 Å². The molecule has 0 unspecified atom stereocenters. The average Bonchev–Trinajstić information content (AvgIpc) is 2.91. The Hall–Kier alpha value is -4.25. The van der Waals surface area contributed by atoms with Crippen LogP contribution in [-0.4, -0.2) is 53.6 Å². The molecule has 0 atom stereocenters. The number of methoxy groups -OCH3 is 2. The number of amides is 2. The van der Waals surface area contributed by atoms with Crippen LogP contribution in [0, 0.1) is 0 Å². The van der Waals surface area contributed by atoms with Gasteiger partial charge in [0.05, 0.1) is 42.7 Å². The lowest BCUT2D eigenvalue weighted by atomic mass is 10.1. The van der Waals surface area contributed by atoms with E-state index >= 15 is 0 Å². The maximum Gasteiger partial charge on any atom is 0.264 e. The van der Waals surface area contributed by atoms with Crippen molar-refractivity contribution in [1.82, 2.24) is 5.32 Å². The standard InChI is InChI=1S/C28H33N3O7S/c1-6-38-21-13-11-20(12-14-21)31(39(34,35)22-15-16-25(36-4)26(17-22)37-5)18-27(32)30-24-10-8-7-9-23(24)28(33)29-19(2)3/h7-17,19H,6,18H2,1-5H3,(H,29,33)(H,30,32). The molecule has 0 aliphatic carbocycles. The summed E-state index contributed by atoms with van der Waals surface area (Å²) in [6.07, 6.45) is 0. The van der Waals surface area contributed by atoms with Gasteiger partial charge in [-0.2, -0.15) is 0 Å². The number of nitrogens with one attached hydrogen (secondary N) is 2. The summed E-state index contributed by atoms with van der Waals surface area (Å²) >= 11 is 0. The molecule has 2 N–H and O–H groups in total. The van der Waals surface area contributed by atoms with Gasteiger partial charge in [-0.1, -0.05) is 12.1 Å². The molecule has 3 rings (SSSR count). The Bertz CT molecular complexity index is 1410. The van der Waals surface area contributed by atoms with E-state index in [1.165, 1.54) is 32.4 Å². The number of hydrogen-bond donors (Lipinski definition) is 2. The van der Waals surface area contributed by atoms with Crippen LogP contribution in [0.3, 0.4) is 0 Å². The normalized spacial score (nSPS) is 11.0. The molecular weight excluding hydrogens is 522 g/mol. The second kappa shape index (κ2) is 13.0. The molecule has 0 aromatic heterocycles. The first-order valence-corrected chi connectivity index (χ1v) is 13.7. The van der Waals surface area contributed by atoms with Crippen molar-refractivity contribution in [3.05, 3.63) is 72.3 Å². The van der Waals surface area contributed by atoms with Gasteiger partial charge in [0, 0.05) is 12.1 Å². The van der Waals surface area contributed by atoms with Gasteiger partial charge in [-0.3, -0.25) is 13.9 Å². The van der Waals surface area contributed by atoms with E-state index in [2.05, 4.69) is 10.6 Å². The molecule has 39 heavy (non-hydrogen) atoms. The van der Waals surface area contributed by atoms with Gasteiger partial charge in [0.1, 0.15) is 12.3 Å². The Morgan fingerprint density at radius 2 is 1.59 bits per heavy atom. The van der Waals surface area contributed by atoms with Crippen LogP contribution >= 0.6 is 0 Å². The fraction of sp³-hybridized carbons (Fsp3) is 0.286. The van der Waals surface area contributed by atoms with Gasteiger partial charge in [0.15, 0.2) is 11.5 Å². The number of carbonyl (C=O) groups is 2. The average molecular weight is 556 g/mol. The highest BCUT2D eigenvalue weighted by molar-refractivity contribution is 7.92. The highest BCUT2D eigenvalue weighted by Gasteiger charge is 2.29. The number of sulfonamides is 1. The van der Waals surface area contributed by atoms with Crippen LogP contribution in [0.2, 0.25) is 0 Å². The molecule has 3 aromatic carbocycles. The molecule has 0 saturated carbocycles. The molecule has 10 nitrogen and oxygen atoms in total.